The Bertz CT molecular complexity index is 587. The van der Waals surface area contributed by atoms with E-state index in [0.717, 1.165) is 17.0 Å². The van der Waals surface area contributed by atoms with Gasteiger partial charge in [-0.2, -0.15) is 0 Å². The van der Waals surface area contributed by atoms with Gasteiger partial charge in [0.1, 0.15) is 12.7 Å². The highest BCUT2D eigenvalue weighted by atomic mass is 79.9. The topological polar surface area (TPSA) is 41.5 Å². The summed E-state index contributed by atoms with van der Waals surface area (Å²) in [5.74, 6) is -2.09. The van der Waals surface area contributed by atoms with E-state index in [1.165, 1.54) is 0 Å². The average molecular weight is 392 g/mol. The van der Waals surface area contributed by atoms with E-state index in [1.807, 2.05) is 24.4 Å². The summed E-state index contributed by atoms with van der Waals surface area (Å²) in [5, 5.41) is 15.0. The molecule has 0 aliphatic rings. The Balaban J connectivity index is 1.82. The molecule has 2 rings (SSSR count). The number of ether oxygens (including phenoxy) is 1. The largest absolute Gasteiger partial charge is 0.485 e. The van der Waals surface area contributed by atoms with Crippen LogP contribution in [0.5, 0.6) is 5.75 Å². The first-order chi connectivity index (χ1) is 10.5. The molecular formula is C15H16BrF2NO2S. The SMILES string of the molecule is CC(NCC(O)COc1c(F)cc(Br)cc1F)c1cccs1. The number of aliphatic hydroxyl groups excluding tert-OH is 1. The molecule has 2 unspecified atom stereocenters. The number of halogens is 3. The molecule has 0 aliphatic heterocycles. The Morgan fingerprint density at radius 2 is 2.05 bits per heavy atom. The maximum absolute atomic E-state index is 13.6. The van der Waals surface area contributed by atoms with Gasteiger partial charge in [0.15, 0.2) is 17.4 Å². The number of thiophene rings is 1. The number of hydrogen-bond donors (Lipinski definition) is 2. The molecule has 120 valence electrons. The molecule has 0 bridgehead atoms. The molecule has 3 nitrogen and oxygen atoms in total. The summed E-state index contributed by atoms with van der Waals surface area (Å²) in [7, 11) is 0. The van der Waals surface area contributed by atoms with Crippen LogP contribution >= 0.6 is 27.3 Å². The van der Waals surface area contributed by atoms with Crippen LogP contribution in [0.3, 0.4) is 0 Å². The fourth-order valence-corrected chi connectivity index (χ4v) is 3.02. The number of nitrogens with one attached hydrogen (secondary N) is 1. The van der Waals surface area contributed by atoms with Crippen LogP contribution in [-0.2, 0) is 0 Å². The summed E-state index contributed by atoms with van der Waals surface area (Å²) < 4.78 is 32.5. The second-order valence-corrected chi connectivity index (χ2v) is 6.70. The molecule has 0 spiro atoms. The van der Waals surface area contributed by atoms with E-state index in [0.29, 0.717) is 4.47 Å². The van der Waals surface area contributed by atoms with Crippen LogP contribution in [0.2, 0.25) is 0 Å². The lowest BCUT2D eigenvalue weighted by atomic mass is 10.2. The molecular weight excluding hydrogens is 376 g/mol. The number of hydrogen-bond acceptors (Lipinski definition) is 4. The van der Waals surface area contributed by atoms with Gasteiger partial charge in [0.05, 0.1) is 0 Å². The first-order valence-electron chi connectivity index (χ1n) is 6.69. The highest BCUT2D eigenvalue weighted by molar-refractivity contribution is 9.10. The summed E-state index contributed by atoms with van der Waals surface area (Å²) in [4.78, 5) is 1.15. The van der Waals surface area contributed by atoms with Gasteiger partial charge in [-0.15, -0.1) is 11.3 Å². The van der Waals surface area contributed by atoms with Crippen molar-refractivity contribution >= 4 is 27.3 Å². The van der Waals surface area contributed by atoms with Crippen LogP contribution < -0.4 is 10.1 Å². The van der Waals surface area contributed by atoms with Crippen LogP contribution in [0, 0.1) is 11.6 Å². The smallest absolute Gasteiger partial charge is 0.190 e. The molecule has 2 atom stereocenters. The van der Waals surface area contributed by atoms with E-state index in [9.17, 15) is 13.9 Å². The zero-order valence-electron chi connectivity index (χ0n) is 11.9. The predicted octanol–water partition coefficient (Wildman–Crippen LogP) is 3.88. The summed E-state index contributed by atoms with van der Waals surface area (Å²) in [5.41, 5.74) is 0. The van der Waals surface area contributed by atoms with Gasteiger partial charge in [0.2, 0.25) is 0 Å². The molecule has 0 saturated carbocycles. The van der Waals surface area contributed by atoms with Crippen molar-refractivity contribution in [1.29, 1.82) is 0 Å². The van der Waals surface area contributed by atoms with Gasteiger partial charge in [-0.05, 0) is 30.5 Å². The molecule has 0 radical (unpaired) electrons. The molecule has 2 aromatic rings. The van der Waals surface area contributed by atoms with Crippen molar-refractivity contribution in [1.82, 2.24) is 5.32 Å². The second-order valence-electron chi connectivity index (χ2n) is 4.81. The molecule has 0 aliphatic carbocycles. The minimum Gasteiger partial charge on any atom is -0.485 e. The van der Waals surface area contributed by atoms with E-state index >= 15 is 0 Å². The lowest BCUT2D eigenvalue weighted by Crippen LogP contribution is -2.33. The van der Waals surface area contributed by atoms with E-state index in [4.69, 9.17) is 4.74 Å². The van der Waals surface area contributed by atoms with Crippen molar-refractivity contribution in [3.63, 3.8) is 0 Å². The average Bonchev–Trinajstić information content (AvgIpc) is 2.97. The van der Waals surface area contributed by atoms with Crippen molar-refractivity contribution < 1.29 is 18.6 Å². The van der Waals surface area contributed by atoms with Gasteiger partial charge in [0.25, 0.3) is 0 Å². The van der Waals surface area contributed by atoms with Gasteiger partial charge >= 0.3 is 0 Å². The Hall–Kier alpha value is -1.02. The number of aliphatic hydroxyl groups is 1. The predicted molar refractivity (Wildman–Crippen MR) is 86.3 cm³/mol. The third-order valence-corrected chi connectivity index (χ3v) is 4.53. The molecule has 7 heteroatoms. The molecule has 0 saturated heterocycles. The number of rotatable bonds is 7. The molecule has 22 heavy (non-hydrogen) atoms. The minimum absolute atomic E-state index is 0.0933. The maximum Gasteiger partial charge on any atom is 0.190 e. The van der Waals surface area contributed by atoms with Crippen LogP contribution in [0.4, 0.5) is 8.78 Å². The third-order valence-electron chi connectivity index (χ3n) is 3.01. The van der Waals surface area contributed by atoms with Gasteiger partial charge < -0.3 is 15.2 Å². The molecule has 1 aromatic carbocycles. The lowest BCUT2D eigenvalue weighted by Gasteiger charge is -2.17. The highest BCUT2D eigenvalue weighted by Crippen LogP contribution is 2.26. The highest BCUT2D eigenvalue weighted by Gasteiger charge is 2.15. The first kappa shape index (κ1) is 17.3. The quantitative estimate of drug-likeness (QED) is 0.752. The molecule has 1 heterocycles. The van der Waals surface area contributed by atoms with Crippen LogP contribution in [0.1, 0.15) is 17.8 Å². The van der Waals surface area contributed by atoms with Crippen molar-refractivity contribution in [3.8, 4) is 5.75 Å². The van der Waals surface area contributed by atoms with E-state index in [1.54, 1.807) is 11.3 Å². The Morgan fingerprint density at radius 3 is 2.64 bits per heavy atom. The molecule has 0 amide bonds. The van der Waals surface area contributed by atoms with Gasteiger partial charge in [-0.3, -0.25) is 0 Å². The first-order valence-corrected chi connectivity index (χ1v) is 8.37. The van der Waals surface area contributed by atoms with Crippen molar-refractivity contribution in [2.45, 2.75) is 19.1 Å². The van der Waals surface area contributed by atoms with Crippen molar-refractivity contribution in [2.75, 3.05) is 13.2 Å². The zero-order chi connectivity index (χ0) is 16.1. The Morgan fingerprint density at radius 1 is 1.36 bits per heavy atom. The van der Waals surface area contributed by atoms with Gasteiger partial charge in [-0.1, -0.05) is 22.0 Å². The Kier molecular flexibility index (Phi) is 6.31. The molecule has 0 fully saturated rings. The zero-order valence-corrected chi connectivity index (χ0v) is 14.3. The van der Waals surface area contributed by atoms with Crippen LogP contribution in [0.15, 0.2) is 34.1 Å². The fourth-order valence-electron chi connectivity index (χ4n) is 1.86. The summed E-state index contributed by atoms with van der Waals surface area (Å²) in [6.45, 7) is 2.05. The second kappa shape index (κ2) is 8.01. The standard InChI is InChI=1S/C15H16BrF2NO2S/c1-9(14-3-2-4-22-14)19-7-11(20)8-21-15-12(17)5-10(16)6-13(15)18/h2-6,9,11,19-20H,7-8H2,1H3. The molecule has 1 aromatic heterocycles. The summed E-state index contributed by atoms with van der Waals surface area (Å²) in [6.07, 6.45) is -0.871. The van der Waals surface area contributed by atoms with Crippen LogP contribution in [-0.4, -0.2) is 24.4 Å². The fraction of sp³-hybridized carbons (Fsp3) is 0.333. The summed E-state index contributed by atoms with van der Waals surface area (Å²) >= 11 is 4.61. The van der Waals surface area contributed by atoms with E-state index in [2.05, 4.69) is 21.2 Å². The van der Waals surface area contributed by atoms with Gasteiger partial charge in [0, 0.05) is 21.9 Å². The number of benzene rings is 1. The normalized spacial score (nSPS) is 13.9. The van der Waals surface area contributed by atoms with E-state index < -0.39 is 23.5 Å². The van der Waals surface area contributed by atoms with Crippen molar-refractivity contribution in [2.24, 2.45) is 0 Å². The lowest BCUT2D eigenvalue weighted by molar-refractivity contribution is 0.0994. The maximum atomic E-state index is 13.6. The van der Waals surface area contributed by atoms with Crippen LogP contribution in [0.25, 0.3) is 0 Å². The minimum atomic E-state index is -0.871. The third kappa shape index (κ3) is 4.74. The Labute approximate surface area is 140 Å². The molecule has 2 N–H and O–H groups in total. The van der Waals surface area contributed by atoms with Crippen molar-refractivity contribution in [3.05, 3.63) is 50.6 Å². The van der Waals surface area contributed by atoms with Gasteiger partial charge in [-0.25, -0.2) is 8.78 Å². The van der Waals surface area contributed by atoms with E-state index in [-0.39, 0.29) is 19.2 Å². The monoisotopic (exact) mass is 391 g/mol. The summed E-state index contributed by atoms with van der Waals surface area (Å²) in [6, 6.07) is 6.27.